The van der Waals surface area contributed by atoms with Crippen LogP contribution in [0.15, 0.2) is 24.3 Å². The van der Waals surface area contributed by atoms with Gasteiger partial charge in [0.1, 0.15) is 11.4 Å². The van der Waals surface area contributed by atoms with E-state index in [9.17, 15) is 9.90 Å². The van der Waals surface area contributed by atoms with Crippen LogP contribution in [0.4, 0.5) is 4.79 Å². The van der Waals surface area contributed by atoms with E-state index in [-0.39, 0.29) is 24.2 Å². The lowest BCUT2D eigenvalue weighted by atomic mass is 10.0. The zero-order chi connectivity index (χ0) is 19.8. The fourth-order valence-electron chi connectivity index (χ4n) is 4.24. The van der Waals surface area contributed by atoms with Crippen molar-refractivity contribution in [1.29, 1.82) is 0 Å². The molecule has 0 aromatic heterocycles. The first kappa shape index (κ1) is 20.0. The fraction of sp³-hybridized carbons (Fsp3) is 0.667. The standard InChI is InChI=1S/C21H32N2O4/c1-20(2,3)27-19(25)23-11-16-10-21(16,14-23)13-22(4)18(12-24)15-6-8-17(26-5)9-7-15/h6-9,16,18,24H,10-14H2,1-5H3/t16-,18+,21-/m1/s1. The molecule has 1 aliphatic carbocycles. The molecule has 2 aliphatic rings. The number of piperidine rings is 1. The maximum atomic E-state index is 12.4. The number of methoxy groups -OCH3 is 1. The third-order valence-electron chi connectivity index (χ3n) is 5.73. The van der Waals surface area contributed by atoms with Gasteiger partial charge in [-0.2, -0.15) is 0 Å². The van der Waals surface area contributed by atoms with Crippen LogP contribution in [0.25, 0.3) is 0 Å². The molecule has 3 rings (SSSR count). The molecule has 1 aliphatic heterocycles. The van der Waals surface area contributed by atoms with Crippen LogP contribution >= 0.6 is 0 Å². The lowest BCUT2D eigenvalue weighted by molar-refractivity contribution is 0.0251. The maximum Gasteiger partial charge on any atom is 0.410 e. The highest BCUT2D eigenvalue weighted by Crippen LogP contribution is 2.58. The van der Waals surface area contributed by atoms with E-state index in [1.807, 2.05) is 57.0 Å². The smallest absolute Gasteiger partial charge is 0.410 e. The van der Waals surface area contributed by atoms with Gasteiger partial charge in [0.25, 0.3) is 0 Å². The van der Waals surface area contributed by atoms with Crippen LogP contribution < -0.4 is 4.74 Å². The van der Waals surface area contributed by atoms with Gasteiger partial charge in [-0.1, -0.05) is 12.1 Å². The summed E-state index contributed by atoms with van der Waals surface area (Å²) in [6.07, 6.45) is 0.919. The molecule has 1 amide bonds. The van der Waals surface area contributed by atoms with Crippen LogP contribution in [0.5, 0.6) is 5.75 Å². The Morgan fingerprint density at radius 2 is 2.04 bits per heavy atom. The van der Waals surface area contributed by atoms with Crippen LogP contribution in [0.2, 0.25) is 0 Å². The lowest BCUT2D eigenvalue weighted by Crippen LogP contribution is -2.39. The predicted octanol–water partition coefficient (Wildman–Crippen LogP) is 2.92. The number of aliphatic hydroxyl groups excluding tert-OH is 1. The number of hydrogen-bond acceptors (Lipinski definition) is 5. The molecule has 3 atom stereocenters. The van der Waals surface area contributed by atoms with Crippen molar-refractivity contribution < 1.29 is 19.4 Å². The zero-order valence-electron chi connectivity index (χ0n) is 17.1. The number of carbonyl (C=O) groups excluding carboxylic acids is 1. The first-order valence-corrected chi connectivity index (χ1v) is 9.60. The zero-order valence-corrected chi connectivity index (χ0v) is 17.1. The first-order chi connectivity index (χ1) is 12.7. The van der Waals surface area contributed by atoms with Crippen molar-refractivity contribution >= 4 is 6.09 Å². The van der Waals surface area contributed by atoms with Gasteiger partial charge < -0.3 is 19.5 Å². The van der Waals surface area contributed by atoms with Crippen molar-refractivity contribution in [1.82, 2.24) is 9.80 Å². The molecule has 1 heterocycles. The third kappa shape index (κ3) is 4.38. The normalized spacial score (nSPS) is 25.3. The molecule has 0 spiro atoms. The van der Waals surface area contributed by atoms with E-state index in [0.717, 1.165) is 37.4 Å². The molecule has 1 aromatic carbocycles. The summed E-state index contributed by atoms with van der Waals surface area (Å²) in [5.41, 5.74) is 0.729. The van der Waals surface area contributed by atoms with Crippen LogP contribution in [0.1, 0.15) is 38.8 Å². The Balaban J connectivity index is 1.62. The molecule has 0 radical (unpaired) electrons. The number of likely N-dealkylation sites (tertiary alicyclic amines) is 1. The first-order valence-electron chi connectivity index (χ1n) is 9.60. The quantitative estimate of drug-likeness (QED) is 0.827. The Labute approximate surface area is 162 Å². The van der Waals surface area contributed by atoms with Gasteiger partial charge in [0.15, 0.2) is 0 Å². The molecule has 6 nitrogen and oxygen atoms in total. The maximum absolute atomic E-state index is 12.4. The largest absolute Gasteiger partial charge is 0.497 e. The summed E-state index contributed by atoms with van der Waals surface area (Å²) in [4.78, 5) is 16.4. The number of hydrogen-bond donors (Lipinski definition) is 1. The molecule has 0 unspecified atom stereocenters. The van der Waals surface area contributed by atoms with Crippen LogP contribution in [0.3, 0.4) is 0 Å². The Morgan fingerprint density at radius 1 is 1.37 bits per heavy atom. The predicted molar refractivity (Wildman–Crippen MR) is 104 cm³/mol. The molecule has 2 fully saturated rings. The summed E-state index contributed by atoms with van der Waals surface area (Å²) in [6.45, 7) is 8.10. The van der Waals surface area contributed by atoms with Gasteiger partial charge in [-0.15, -0.1) is 0 Å². The number of carbonyl (C=O) groups is 1. The van der Waals surface area contributed by atoms with Crippen LogP contribution in [-0.2, 0) is 4.74 Å². The van der Waals surface area contributed by atoms with Crippen molar-refractivity contribution in [2.75, 3.05) is 40.4 Å². The van der Waals surface area contributed by atoms with Gasteiger partial charge in [-0.25, -0.2) is 4.79 Å². The summed E-state index contributed by atoms with van der Waals surface area (Å²) in [6, 6.07) is 7.77. The van der Waals surface area contributed by atoms with E-state index in [1.165, 1.54) is 0 Å². The summed E-state index contributed by atoms with van der Waals surface area (Å²) < 4.78 is 10.7. The SMILES string of the molecule is COc1ccc([C@H](CO)N(C)C[C@@]23C[C@@H]2CN(C(=O)OC(C)(C)C)C3)cc1. The molecule has 27 heavy (non-hydrogen) atoms. The van der Waals surface area contributed by atoms with Gasteiger partial charge in [0.2, 0.25) is 0 Å². The summed E-state index contributed by atoms with van der Waals surface area (Å²) in [5.74, 6) is 1.34. The van der Waals surface area contributed by atoms with Crippen molar-refractivity contribution in [3.05, 3.63) is 29.8 Å². The number of ether oxygens (including phenoxy) is 2. The summed E-state index contributed by atoms with van der Waals surface area (Å²) in [5, 5.41) is 9.96. The highest BCUT2D eigenvalue weighted by molar-refractivity contribution is 5.69. The number of amides is 1. The van der Waals surface area contributed by atoms with Crippen molar-refractivity contribution in [3.63, 3.8) is 0 Å². The highest BCUT2D eigenvalue weighted by atomic mass is 16.6. The number of fused-ring (bicyclic) bond motifs is 1. The van der Waals surface area contributed by atoms with Gasteiger partial charge in [-0.05, 0) is 57.9 Å². The van der Waals surface area contributed by atoms with Crippen molar-refractivity contribution in [3.8, 4) is 5.75 Å². The second-order valence-corrected chi connectivity index (χ2v) is 9.01. The van der Waals surface area contributed by atoms with E-state index in [0.29, 0.717) is 5.92 Å². The van der Waals surface area contributed by atoms with Gasteiger partial charge >= 0.3 is 6.09 Å². The van der Waals surface area contributed by atoms with Gasteiger partial charge in [0, 0.05) is 25.0 Å². The van der Waals surface area contributed by atoms with Crippen LogP contribution in [-0.4, -0.2) is 67.0 Å². The fourth-order valence-corrected chi connectivity index (χ4v) is 4.24. The minimum atomic E-state index is -0.468. The second-order valence-electron chi connectivity index (χ2n) is 9.01. The molecular weight excluding hydrogens is 344 g/mol. The van der Waals surface area contributed by atoms with Crippen molar-refractivity contribution in [2.24, 2.45) is 11.3 Å². The molecule has 1 N–H and O–H groups in total. The Kier molecular flexibility index (Phi) is 5.41. The minimum Gasteiger partial charge on any atom is -0.497 e. The Hall–Kier alpha value is -1.79. The number of nitrogens with zero attached hydrogens (tertiary/aromatic N) is 2. The summed E-state index contributed by atoms with van der Waals surface area (Å²) >= 11 is 0. The second kappa shape index (κ2) is 7.32. The average molecular weight is 376 g/mol. The Bertz CT molecular complexity index is 670. The molecule has 1 aromatic rings. The van der Waals surface area contributed by atoms with E-state index >= 15 is 0 Å². The van der Waals surface area contributed by atoms with Crippen molar-refractivity contribution in [2.45, 2.75) is 38.8 Å². The van der Waals surface area contributed by atoms with E-state index in [2.05, 4.69) is 4.90 Å². The van der Waals surface area contributed by atoms with Gasteiger partial charge in [-0.3, -0.25) is 4.90 Å². The summed E-state index contributed by atoms with van der Waals surface area (Å²) in [7, 11) is 3.69. The number of rotatable bonds is 6. The number of aliphatic hydroxyl groups is 1. The minimum absolute atomic E-state index is 0.0549. The highest BCUT2D eigenvalue weighted by Gasteiger charge is 2.61. The molecule has 150 valence electrons. The Morgan fingerprint density at radius 3 is 2.59 bits per heavy atom. The molecule has 1 saturated carbocycles. The van der Waals surface area contributed by atoms with E-state index in [1.54, 1.807) is 7.11 Å². The number of benzene rings is 1. The topological polar surface area (TPSA) is 62.2 Å². The monoisotopic (exact) mass is 376 g/mol. The average Bonchev–Trinajstić information content (AvgIpc) is 3.13. The van der Waals surface area contributed by atoms with Gasteiger partial charge in [0.05, 0.1) is 19.8 Å². The number of likely N-dealkylation sites (N-methyl/N-ethyl adjacent to an activating group) is 1. The van der Waals surface area contributed by atoms with E-state index < -0.39 is 5.60 Å². The molecule has 6 heteroatoms. The lowest BCUT2D eigenvalue weighted by Gasteiger charge is -2.31. The van der Waals surface area contributed by atoms with Crippen LogP contribution in [0, 0.1) is 11.3 Å². The molecular formula is C21H32N2O4. The molecule has 1 saturated heterocycles. The molecule has 0 bridgehead atoms. The third-order valence-corrected chi connectivity index (χ3v) is 5.73. The van der Waals surface area contributed by atoms with E-state index in [4.69, 9.17) is 9.47 Å².